The number of carbonyl (C=O) groups excluding carboxylic acids is 1. The van der Waals surface area contributed by atoms with Crippen LogP contribution in [0.3, 0.4) is 0 Å². The number of fused-ring (bicyclic) bond motifs is 1. The number of anilines is 2. The molecule has 2 heterocycles. The third-order valence-electron chi connectivity index (χ3n) is 6.36. The van der Waals surface area contributed by atoms with Crippen LogP contribution in [0.25, 0.3) is 16.7 Å². The number of aromatic nitrogens is 3. The van der Waals surface area contributed by atoms with Gasteiger partial charge in [0, 0.05) is 30.9 Å². The van der Waals surface area contributed by atoms with Crippen molar-refractivity contribution < 1.29 is 19.2 Å². The zero-order chi connectivity index (χ0) is 28.4. The summed E-state index contributed by atoms with van der Waals surface area (Å²) in [6.45, 7) is 3.98. The number of nitro benzene ring substituents is 1. The lowest BCUT2D eigenvalue weighted by Gasteiger charge is -2.30. The van der Waals surface area contributed by atoms with Crippen molar-refractivity contribution in [2.45, 2.75) is 6.92 Å². The van der Waals surface area contributed by atoms with Gasteiger partial charge in [0.1, 0.15) is 16.8 Å². The number of nitro groups is 1. The fourth-order valence-electron chi connectivity index (χ4n) is 4.32. The number of non-ortho nitro benzene ring substituents is 1. The number of hydrogen-bond donors (Lipinski definition) is 2. The van der Waals surface area contributed by atoms with E-state index < -0.39 is 10.8 Å². The SMILES string of the molecule is COc1ccc(-n2nc3cc(C)c(NC(=S)NC(=O)c4cc([N+](=O)[O-])ccc4N4CCOCC4)cc3n2)cc1Cl. The first-order valence-electron chi connectivity index (χ1n) is 12.2. The Labute approximate surface area is 238 Å². The number of methoxy groups -OCH3 is 1. The third kappa shape index (κ3) is 5.66. The van der Waals surface area contributed by atoms with E-state index in [1.165, 1.54) is 24.0 Å². The van der Waals surface area contributed by atoms with Crippen LogP contribution in [0.2, 0.25) is 5.02 Å². The summed E-state index contributed by atoms with van der Waals surface area (Å²) in [4.78, 5) is 27.5. The molecule has 1 aliphatic heterocycles. The Morgan fingerprint density at radius 3 is 2.52 bits per heavy atom. The van der Waals surface area contributed by atoms with E-state index in [9.17, 15) is 14.9 Å². The molecule has 1 aromatic heterocycles. The molecule has 0 saturated carbocycles. The molecular formula is C26H24ClN7O5S. The molecule has 40 heavy (non-hydrogen) atoms. The molecule has 4 aromatic rings. The largest absolute Gasteiger partial charge is 0.495 e. The predicted molar refractivity (Wildman–Crippen MR) is 155 cm³/mol. The van der Waals surface area contributed by atoms with E-state index in [4.69, 9.17) is 33.3 Å². The molecular weight excluding hydrogens is 558 g/mol. The first-order valence-corrected chi connectivity index (χ1v) is 13.0. The summed E-state index contributed by atoms with van der Waals surface area (Å²) in [5.41, 5.74) is 3.85. The molecule has 0 atom stereocenters. The summed E-state index contributed by atoms with van der Waals surface area (Å²) < 4.78 is 10.6. The molecule has 1 fully saturated rings. The van der Waals surface area contributed by atoms with Gasteiger partial charge < -0.3 is 19.7 Å². The molecule has 0 radical (unpaired) electrons. The number of thiocarbonyl (C=S) groups is 1. The minimum absolute atomic E-state index is 0.0289. The summed E-state index contributed by atoms with van der Waals surface area (Å²) in [6.07, 6.45) is 0. The molecule has 0 aliphatic carbocycles. The Hall–Kier alpha value is -4.33. The van der Waals surface area contributed by atoms with Crippen LogP contribution < -0.4 is 20.3 Å². The average molecular weight is 582 g/mol. The fraction of sp³-hybridized carbons (Fsp3) is 0.231. The van der Waals surface area contributed by atoms with Crippen LogP contribution in [0, 0.1) is 17.0 Å². The van der Waals surface area contributed by atoms with Gasteiger partial charge in [0.15, 0.2) is 5.11 Å². The maximum atomic E-state index is 13.2. The van der Waals surface area contributed by atoms with E-state index in [0.717, 1.165) is 5.56 Å². The molecule has 0 unspecified atom stereocenters. The van der Waals surface area contributed by atoms with Gasteiger partial charge in [0.2, 0.25) is 0 Å². The van der Waals surface area contributed by atoms with Crippen LogP contribution in [0.1, 0.15) is 15.9 Å². The van der Waals surface area contributed by atoms with Crippen LogP contribution in [-0.2, 0) is 4.74 Å². The average Bonchev–Trinajstić information content (AvgIpc) is 3.35. The second-order valence-corrected chi connectivity index (χ2v) is 9.75. The Bertz CT molecular complexity index is 1640. The molecule has 5 rings (SSSR count). The first-order chi connectivity index (χ1) is 19.2. The van der Waals surface area contributed by atoms with E-state index >= 15 is 0 Å². The van der Waals surface area contributed by atoms with Gasteiger partial charge in [-0.1, -0.05) is 11.6 Å². The molecule has 12 nitrogen and oxygen atoms in total. The van der Waals surface area contributed by atoms with Gasteiger partial charge in [-0.2, -0.15) is 4.80 Å². The minimum atomic E-state index is -0.566. The van der Waals surface area contributed by atoms with Gasteiger partial charge >= 0.3 is 0 Å². The quantitative estimate of drug-likeness (QED) is 0.193. The van der Waals surface area contributed by atoms with E-state index in [1.54, 1.807) is 30.3 Å². The number of hydrogen-bond acceptors (Lipinski definition) is 9. The number of rotatable bonds is 6. The summed E-state index contributed by atoms with van der Waals surface area (Å²) in [7, 11) is 1.54. The highest BCUT2D eigenvalue weighted by molar-refractivity contribution is 7.80. The van der Waals surface area contributed by atoms with Crippen molar-refractivity contribution in [3.63, 3.8) is 0 Å². The standard InChI is InChI=1S/C26H24ClN7O5S/c1-15-11-21-22(31-33(30-21)16-4-6-24(38-2)19(27)13-16)14-20(15)28-26(40)29-25(35)18-12-17(34(36)37)3-5-23(18)32-7-9-39-10-8-32/h3-6,11-14H,7-10H2,1-2H3,(H2,28,29,35,40). The van der Waals surface area contributed by atoms with Gasteiger partial charge in [-0.05, 0) is 61.1 Å². The van der Waals surface area contributed by atoms with Gasteiger partial charge in [-0.15, -0.1) is 10.2 Å². The van der Waals surface area contributed by atoms with E-state index in [1.807, 2.05) is 17.9 Å². The van der Waals surface area contributed by atoms with Crippen LogP contribution in [-0.4, -0.2) is 64.3 Å². The topological polar surface area (TPSA) is 137 Å². The van der Waals surface area contributed by atoms with E-state index in [0.29, 0.717) is 65.2 Å². The number of aryl methyl sites for hydroxylation is 1. The van der Waals surface area contributed by atoms with Crippen molar-refractivity contribution in [3.8, 4) is 11.4 Å². The number of morpholine rings is 1. The lowest BCUT2D eigenvalue weighted by atomic mass is 10.1. The highest BCUT2D eigenvalue weighted by Crippen LogP contribution is 2.28. The molecule has 2 N–H and O–H groups in total. The number of nitrogens with zero attached hydrogens (tertiary/aromatic N) is 5. The van der Waals surface area contributed by atoms with Crippen LogP contribution in [0.4, 0.5) is 17.1 Å². The maximum Gasteiger partial charge on any atom is 0.270 e. The van der Waals surface area contributed by atoms with E-state index in [-0.39, 0.29) is 16.4 Å². The van der Waals surface area contributed by atoms with Crippen LogP contribution in [0.5, 0.6) is 5.75 Å². The van der Waals surface area contributed by atoms with Crippen molar-refractivity contribution in [1.82, 2.24) is 20.3 Å². The van der Waals surface area contributed by atoms with Crippen molar-refractivity contribution in [2.24, 2.45) is 0 Å². The van der Waals surface area contributed by atoms with Crippen molar-refractivity contribution in [2.75, 3.05) is 43.6 Å². The molecule has 14 heteroatoms. The number of benzene rings is 3. The van der Waals surface area contributed by atoms with Gasteiger partial charge in [0.25, 0.3) is 11.6 Å². The number of carbonyl (C=O) groups is 1. The Kier molecular flexibility index (Phi) is 7.78. The lowest BCUT2D eigenvalue weighted by Crippen LogP contribution is -2.39. The van der Waals surface area contributed by atoms with Crippen molar-refractivity contribution in [3.05, 3.63) is 74.8 Å². The summed E-state index contributed by atoms with van der Waals surface area (Å²) in [5, 5.41) is 26.6. The monoisotopic (exact) mass is 581 g/mol. The third-order valence-corrected chi connectivity index (χ3v) is 6.85. The Balaban J connectivity index is 1.36. The molecule has 0 bridgehead atoms. The molecule has 1 aliphatic rings. The highest BCUT2D eigenvalue weighted by atomic mass is 35.5. The number of nitrogens with one attached hydrogen (secondary N) is 2. The zero-order valence-corrected chi connectivity index (χ0v) is 23.1. The van der Waals surface area contributed by atoms with Crippen molar-refractivity contribution >= 4 is 62.9 Å². The zero-order valence-electron chi connectivity index (χ0n) is 21.5. The number of halogens is 1. The summed E-state index contributed by atoms with van der Waals surface area (Å²) >= 11 is 11.7. The Morgan fingerprint density at radius 2 is 1.85 bits per heavy atom. The molecule has 0 spiro atoms. The van der Waals surface area contributed by atoms with Crippen molar-refractivity contribution in [1.29, 1.82) is 0 Å². The van der Waals surface area contributed by atoms with Crippen LogP contribution >= 0.6 is 23.8 Å². The smallest absolute Gasteiger partial charge is 0.270 e. The van der Waals surface area contributed by atoms with E-state index in [2.05, 4.69) is 20.8 Å². The van der Waals surface area contributed by atoms with Gasteiger partial charge in [0.05, 0.1) is 47.2 Å². The summed E-state index contributed by atoms with van der Waals surface area (Å²) in [5.74, 6) is -0.0223. The molecule has 1 amide bonds. The molecule has 1 saturated heterocycles. The Morgan fingerprint density at radius 1 is 1.12 bits per heavy atom. The minimum Gasteiger partial charge on any atom is -0.495 e. The second-order valence-electron chi connectivity index (χ2n) is 8.93. The predicted octanol–water partition coefficient (Wildman–Crippen LogP) is 4.26. The van der Waals surface area contributed by atoms with Gasteiger partial charge in [-0.25, -0.2) is 0 Å². The lowest BCUT2D eigenvalue weighted by molar-refractivity contribution is -0.384. The normalized spacial score (nSPS) is 13.2. The molecule has 206 valence electrons. The fourth-order valence-corrected chi connectivity index (χ4v) is 4.78. The highest BCUT2D eigenvalue weighted by Gasteiger charge is 2.23. The molecule has 3 aromatic carbocycles. The second kappa shape index (κ2) is 11.4. The van der Waals surface area contributed by atoms with Gasteiger partial charge in [-0.3, -0.25) is 20.2 Å². The first kappa shape index (κ1) is 27.2. The maximum absolute atomic E-state index is 13.2. The number of amides is 1. The van der Waals surface area contributed by atoms with Crippen LogP contribution in [0.15, 0.2) is 48.5 Å². The number of ether oxygens (including phenoxy) is 2. The summed E-state index contributed by atoms with van der Waals surface area (Å²) in [6, 6.07) is 13.0.